The second-order valence-corrected chi connectivity index (χ2v) is 9.27. The minimum absolute atomic E-state index is 0.0888. The minimum Gasteiger partial charge on any atom is -0.505 e. The average molecular weight is 555 g/mol. The van der Waals surface area contributed by atoms with Crippen LogP contribution in [0, 0.1) is 20.2 Å². The van der Waals surface area contributed by atoms with Crippen LogP contribution in [0.5, 0.6) is 17.2 Å². The van der Waals surface area contributed by atoms with Crippen LogP contribution < -0.4 is 10.1 Å². The minimum atomic E-state index is -5.01. The largest absolute Gasteiger partial charge is 0.505 e. The summed E-state index contributed by atoms with van der Waals surface area (Å²) in [5.74, 6) is -1.19. The number of rotatable bonds is 8. The van der Waals surface area contributed by atoms with Crippen LogP contribution in [0.25, 0.3) is 10.8 Å². The highest BCUT2D eigenvalue weighted by Gasteiger charge is 2.26. The maximum atomic E-state index is 12.1. The predicted octanol–water partition coefficient (Wildman–Crippen LogP) is 5.48. The van der Waals surface area contributed by atoms with Crippen molar-refractivity contribution < 1.29 is 37.8 Å². The Bertz CT molecular complexity index is 1770. The number of nitro benzene ring substituents is 2. The molecule has 200 valence electrons. The maximum absolute atomic E-state index is 12.1. The molecule has 0 aliphatic heterocycles. The second kappa shape index (κ2) is 10.2. The van der Waals surface area contributed by atoms with Gasteiger partial charge >= 0.3 is 5.69 Å². The molecule has 0 amide bonds. The summed E-state index contributed by atoms with van der Waals surface area (Å²) in [6, 6.07) is 13.6. The number of non-ortho nitro benzene ring substituents is 1. The fourth-order valence-electron chi connectivity index (χ4n) is 3.58. The Morgan fingerprint density at radius 3 is 2.13 bits per heavy atom. The lowest BCUT2D eigenvalue weighted by Gasteiger charge is -2.12. The molecular weight excluding hydrogens is 538 g/mol. The van der Waals surface area contributed by atoms with E-state index in [2.05, 4.69) is 15.5 Å². The van der Waals surface area contributed by atoms with Gasteiger partial charge in [-0.15, -0.1) is 10.2 Å². The van der Waals surface area contributed by atoms with Gasteiger partial charge < -0.3 is 20.3 Å². The van der Waals surface area contributed by atoms with Gasteiger partial charge in [0.1, 0.15) is 22.0 Å². The van der Waals surface area contributed by atoms with Crippen molar-refractivity contribution in [2.45, 2.75) is 4.90 Å². The van der Waals surface area contributed by atoms with Crippen molar-refractivity contribution in [1.82, 2.24) is 0 Å². The number of methoxy groups -OCH3 is 1. The van der Waals surface area contributed by atoms with Gasteiger partial charge in [-0.2, -0.15) is 8.42 Å². The summed E-state index contributed by atoms with van der Waals surface area (Å²) < 4.78 is 39.2. The van der Waals surface area contributed by atoms with E-state index in [0.29, 0.717) is 29.3 Å². The highest BCUT2D eigenvalue weighted by Crippen LogP contribution is 2.44. The maximum Gasteiger partial charge on any atom is 0.319 e. The highest BCUT2D eigenvalue weighted by atomic mass is 32.2. The number of anilines is 2. The molecule has 0 bridgehead atoms. The smallest absolute Gasteiger partial charge is 0.319 e. The van der Waals surface area contributed by atoms with E-state index in [1.165, 1.54) is 19.2 Å². The summed E-state index contributed by atoms with van der Waals surface area (Å²) in [6.07, 6.45) is 0. The molecule has 0 unspecified atom stereocenters. The SMILES string of the molecule is COc1ccc(Nc2ccc3c(O)c(N=Nc4cc([N+](=O)[O-])cc([N+](=O)[O-])c4O)c(S(=O)(=O)O)cc3c2)cc1. The number of fused-ring (bicyclic) bond motifs is 1. The molecule has 4 N–H and O–H groups in total. The number of phenols is 2. The topological polar surface area (TPSA) is 227 Å². The molecule has 15 nitrogen and oxygen atoms in total. The number of hydrogen-bond acceptors (Lipinski definition) is 12. The van der Waals surface area contributed by atoms with E-state index in [1.807, 2.05) is 0 Å². The molecular formula is C23H17N5O10S. The number of benzene rings is 4. The molecule has 0 aromatic heterocycles. The molecule has 4 aromatic rings. The first kappa shape index (κ1) is 26.7. The summed E-state index contributed by atoms with van der Waals surface area (Å²) in [4.78, 5) is 19.4. The summed E-state index contributed by atoms with van der Waals surface area (Å²) >= 11 is 0. The molecule has 0 heterocycles. The van der Waals surface area contributed by atoms with Crippen LogP contribution in [-0.4, -0.2) is 40.1 Å². The van der Waals surface area contributed by atoms with Crippen LogP contribution >= 0.6 is 0 Å². The first-order valence-electron chi connectivity index (χ1n) is 10.6. The van der Waals surface area contributed by atoms with Crippen LogP contribution in [0.4, 0.5) is 34.1 Å². The van der Waals surface area contributed by atoms with Gasteiger partial charge in [0.2, 0.25) is 5.75 Å². The van der Waals surface area contributed by atoms with Crippen LogP contribution in [-0.2, 0) is 10.1 Å². The Hall–Kier alpha value is -5.35. The van der Waals surface area contributed by atoms with Gasteiger partial charge in [-0.3, -0.25) is 24.8 Å². The standard InChI is InChI=1S/C23H17N5O10S/c1-38-16-5-2-13(3-6-16)24-14-4-7-17-12(8-14)9-20(39(35,36)37)21(22(17)29)26-25-18-10-15(27(31)32)11-19(23(18)30)28(33)34/h2-11,24,29-30H,1H3,(H,35,36,37). The van der Waals surface area contributed by atoms with Crippen LogP contribution in [0.15, 0.2) is 75.8 Å². The first-order chi connectivity index (χ1) is 18.4. The molecule has 0 radical (unpaired) electrons. The molecule has 0 aliphatic rings. The number of azo groups is 1. The van der Waals surface area contributed by atoms with Crippen molar-refractivity contribution in [3.63, 3.8) is 0 Å². The van der Waals surface area contributed by atoms with Crippen molar-refractivity contribution in [3.8, 4) is 17.2 Å². The van der Waals surface area contributed by atoms with Gasteiger partial charge in [0, 0.05) is 22.8 Å². The van der Waals surface area contributed by atoms with E-state index in [1.54, 1.807) is 30.3 Å². The zero-order valence-electron chi connectivity index (χ0n) is 19.7. The van der Waals surface area contributed by atoms with E-state index >= 15 is 0 Å². The lowest BCUT2D eigenvalue weighted by Crippen LogP contribution is -1.99. The molecule has 0 saturated heterocycles. The molecule has 4 aromatic carbocycles. The number of nitrogens with zero attached hydrogens (tertiary/aromatic N) is 4. The molecule has 39 heavy (non-hydrogen) atoms. The molecule has 4 rings (SSSR count). The van der Waals surface area contributed by atoms with Gasteiger partial charge in [0.15, 0.2) is 5.75 Å². The number of nitro groups is 2. The third kappa shape index (κ3) is 5.50. The van der Waals surface area contributed by atoms with E-state index in [9.17, 15) is 43.4 Å². The van der Waals surface area contributed by atoms with Gasteiger partial charge in [0.05, 0.1) is 23.0 Å². The number of aromatic hydroxyl groups is 2. The Kier molecular flexibility index (Phi) is 6.98. The fourth-order valence-corrected chi connectivity index (χ4v) is 4.24. The summed E-state index contributed by atoms with van der Waals surface area (Å²) in [5.41, 5.74) is -2.21. The summed E-state index contributed by atoms with van der Waals surface area (Å²) in [7, 11) is -3.49. The van der Waals surface area contributed by atoms with Crippen molar-refractivity contribution in [2.24, 2.45) is 10.2 Å². The lowest BCUT2D eigenvalue weighted by molar-refractivity contribution is -0.394. The van der Waals surface area contributed by atoms with E-state index < -0.39 is 59.1 Å². The number of nitrogens with one attached hydrogen (secondary N) is 1. The van der Waals surface area contributed by atoms with Gasteiger partial charge in [-0.1, -0.05) is 0 Å². The molecule has 0 fully saturated rings. The Morgan fingerprint density at radius 1 is 0.872 bits per heavy atom. The Balaban J connectivity index is 1.82. The van der Waals surface area contributed by atoms with E-state index in [-0.39, 0.29) is 10.8 Å². The zero-order valence-corrected chi connectivity index (χ0v) is 20.5. The van der Waals surface area contributed by atoms with Crippen LogP contribution in [0.2, 0.25) is 0 Å². The fraction of sp³-hybridized carbons (Fsp3) is 0.0435. The molecule has 0 aliphatic carbocycles. The number of phenolic OH excluding ortho intramolecular Hbond substituents is 2. The van der Waals surface area contributed by atoms with Crippen molar-refractivity contribution in [1.29, 1.82) is 0 Å². The lowest BCUT2D eigenvalue weighted by atomic mass is 10.1. The van der Waals surface area contributed by atoms with Gasteiger partial charge in [-0.05, 0) is 53.9 Å². The Labute approximate surface area is 218 Å². The number of hydrogen-bond donors (Lipinski definition) is 4. The normalized spacial score (nSPS) is 11.5. The average Bonchev–Trinajstić information content (AvgIpc) is 2.88. The van der Waals surface area contributed by atoms with Crippen molar-refractivity contribution in [2.75, 3.05) is 12.4 Å². The molecule has 0 atom stereocenters. The second-order valence-electron chi connectivity index (χ2n) is 7.88. The van der Waals surface area contributed by atoms with Crippen LogP contribution in [0.3, 0.4) is 0 Å². The summed E-state index contributed by atoms with van der Waals surface area (Å²) in [5, 5.41) is 53.7. The van der Waals surface area contributed by atoms with E-state index in [0.717, 1.165) is 6.07 Å². The van der Waals surface area contributed by atoms with E-state index in [4.69, 9.17) is 4.74 Å². The number of ether oxygens (including phenoxy) is 1. The summed E-state index contributed by atoms with van der Waals surface area (Å²) in [6.45, 7) is 0. The quantitative estimate of drug-likeness (QED) is 0.0920. The van der Waals surface area contributed by atoms with Gasteiger partial charge in [0.25, 0.3) is 15.8 Å². The zero-order chi connectivity index (χ0) is 28.5. The van der Waals surface area contributed by atoms with Crippen molar-refractivity contribution >= 4 is 55.0 Å². The first-order valence-corrected chi connectivity index (χ1v) is 12.1. The van der Waals surface area contributed by atoms with Crippen molar-refractivity contribution in [3.05, 3.63) is 80.9 Å². The molecule has 16 heteroatoms. The van der Waals surface area contributed by atoms with Gasteiger partial charge in [-0.25, -0.2) is 0 Å². The monoisotopic (exact) mass is 555 g/mol. The highest BCUT2D eigenvalue weighted by molar-refractivity contribution is 7.86. The molecule has 0 spiro atoms. The van der Waals surface area contributed by atoms with Crippen LogP contribution in [0.1, 0.15) is 0 Å². The third-order valence-corrected chi connectivity index (χ3v) is 6.29. The predicted molar refractivity (Wildman–Crippen MR) is 137 cm³/mol. The Morgan fingerprint density at radius 2 is 1.54 bits per heavy atom. The third-order valence-electron chi connectivity index (χ3n) is 5.43. The molecule has 0 saturated carbocycles.